The number of rotatable bonds is 3. The van der Waals surface area contributed by atoms with Crippen LogP contribution in [0.5, 0.6) is 0 Å². The summed E-state index contributed by atoms with van der Waals surface area (Å²) in [6, 6.07) is 3.98. The second-order valence-corrected chi connectivity index (χ2v) is 3.00. The molecule has 1 aromatic rings. The fourth-order valence-corrected chi connectivity index (χ4v) is 1.37. The van der Waals surface area contributed by atoms with Gasteiger partial charge in [0.15, 0.2) is 0 Å². The van der Waals surface area contributed by atoms with Crippen LogP contribution in [0.15, 0.2) is 24.5 Å². The lowest BCUT2D eigenvalue weighted by molar-refractivity contribution is -0.223. The minimum Gasteiger partial charge on any atom is -0.352 e. The molecule has 2 rings (SSSR count). The highest BCUT2D eigenvalue weighted by Gasteiger charge is 2.25. The zero-order valence-electron chi connectivity index (χ0n) is 7.55. The van der Waals surface area contributed by atoms with Crippen LogP contribution >= 0.6 is 0 Å². The first-order valence-corrected chi connectivity index (χ1v) is 4.29. The Balaban J connectivity index is 1.84. The zero-order chi connectivity index (χ0) is 9.10. The van der Waals surface area contributed by atoms with Crippen LogP contribution in [-0.2, 0) is 20.8 Å². The summed E-state index contributed by atoms with van der Waals surface area (Å²) in [5, 5.41) is 0. The molecule has 0 aromatic carbocycles. The molecule has 0 spiro atoms. The van der Waals surface area contributed by atoms with Gasteiger partial charge in [0.05, 0.1) is 13.2 Å². The van der Waals surface area contributed by atoms with Crippen LogP contribution < -0.4 is 0 Å². The van der Waals surface area contributed by atoms with E-state index < -0.39 is 6.48 Å². The molecule has 0 aliphatic carbocycles. The molecule has 1 aliphatic rings. The normalized spacial score (nSPS) is 28.1. The maximum Gasteiger partial charge on any atom is 0.271 e. The number of aromatic nitrogens is 1. The summed E-state index contributed by atoms with van der Waals surface area (Å²) in [5.41, 5.74) is 0. The second kappa shape index (κ2) is 3.91. The van der Waals surface area contributed by atoms with Gasteiger partial charge in [-0.05, 0) is 12.1 Å². The maximum absolute atomic E-state index is 5.42. The van der Waals surface area contributed by atoms with Crippen molar-refractivity contribution >= 4 is 0 Å². The average molecular weight is 183 g/mol. The van der Waals surface area contributed by atoms with E-state index in [0.717, 1.165) is 6.54 Å². The molecular weight excluding hydrogens is 170 g/mol. The summed E-state index contributed by atoms with van der Waals surface area (Å²) < 4.78 is 17.6. The van der Waals surface area contributed by atoms with E-state index in [0.29, 0.717) is 6.61 Å². The first kappa shape index (κ1) is 8.74. The van der Waals surface area contributed by atoms with E-state index in [-0.39, 0.29) is 6.10 Å². The highest BCUT2D eigenvalue weighted by molar-refractivity contribution is 4.90. The van der Waals surface area contributed by atoms with Gasteiger partial charge in [-0.2, -0.15) is 0 Å². The number of hydrogen-bond acceptors (Lipinski definition) is 3. The van der Waals surface area contributed by atoms with Crippen LogP contribution in [0.25, 0.3) is 0 Å². The van der Waals surface area contributed by atoms with Crippen LogP contribution in [0.1, 0.15) is 0 Å². The average Bonchev–Trinajstić information content (AvgIpc) is 2.76. The lowest BCUT2D eigenvalue weighted by atomic mass is 10.4. The minimum atomic E-state index is -0.486. The van der Waals surface area contributed by atoms with E-state index in [1.807, 2.05) is 24.5 Å². The van der Waals surface area contributed by atoms with Gasteiger partial charge in [-0.15, -0.1) is 0 Å². The fraction of sp³-hybridized carbons (Fsp3) is 0.556. The van der Waals surface area contributed by atoms with Crippen molar-refractivity contribution in [2.24, 2.45) is 0 Å². The molecule has 1 fully saturated rings. The Morgan fingerprint density at radius 2 is 2.23 bits per heavy atom. The van der Waals surface area contributed by atoms with Gasteiger partial charge in [0.2, 0.25) is 0 Å². The maximum atomic E-state index is 5.42. The predicted molar refractivity (Wildman–Crippen MR) is 46.1 cm³/mol. The van der Waals surface area contributed by atoms with Gasteiger partial charge in [0, 0.05) is 19.5 Å². The predicted octanol–water partition coefficient (Wildman–Crippen LogP) is 0.833. The Labute approximate surface area is 77.0 Å². The quantitative estimate of drug-likeness (QED) is 0.696. The zero-order valence-corrected chi connectivity index (χ0v) is 7.55. The summed E-state index contributed by atoms with van der Waals surface area (Å²) in [5.74, 6) is 0. The van der Waals surface area contributed by atoms with Gasteiger partial charge in [-0.25, -0.2) is 0 Å². The van der Waals surface area contributed by atoms with Gasteiger partial charge >= 0.3 is 0 Å². The molecule has 0 bridgehead atoms. The van der Waals surface area contributed by atoms with Crippen molar-refractivity contribution in [3.05, 3.63) is 24.5 Å². The van der Waals surface area contributed by atoms with Crippen molar-refractivity contribution in [3.63, 3.8) is 0 Å². The number of ether oxygens (including phenoxy) is 3. The third-order valence-electron chi connectivity index (χ3n) is 1.99. The van der Waals surface area contributed by atoms with Gasteiger partial charge in [-0.1, -0.05) is 0 Å². The Bertz CT molecular complexity index is 247. The van der Waals surface area contributed by atoms with Crippen LogP contribution in [0.2, 0.25) is 0 Å². The van der Waals surface area contributed by atoms with Gasteiger partial charge < -0.3 is 18.8 Å². The largest absolute Gasteiger partial charge is 0.352 e. The molecule has 2 unspecified atom stereocenters. The van der Waals surface area contributed by atoms with Crippen LogP contribution in [0, 0.1) is 0 Å². The molecule has 4 nitrogen and oxygen atoms in total. The standard InChI is InChI=1S/C9H13NO3/c1-11-9-12-7-8(13-9)6-10-4-2-3-5-10/h2-5,8-9H,6-7H2,1H3. The smallest absolute Gasteiger partial charge is 0.271 e. The van der Waals surface area contributed by atoms with Crippen LogP contribution in [-0.4, -0.2) is 30.9 Å². The molecule has 13 heavy (non-hydrogen) atoms. The third kappa shape index (κ3) is 2.09. The molecule has 1 aromatic heterocycles. The first-order chi connectivity index (χ1) is 6.38. The molecular formula is C9H13NO3. The van der Waals surface area contributed by atoms with E-state index in [2.05, 4.69) is 4.57 Å². The third-order valence-corrected chi connectivity index (χ3v) is 1.99. The summed E-state index contributed by atoms with van der Waals surface area (Å²) in [4.78, 5) is 0. The van der Waals surface area contributed by atoms with Crippen molar-refractivity contribution < 1.29 is 14.2 Å². The monoisotopic (exact) mass is 183 g/mol. The summed E-state index contributed by atoms with van der Waals surface area (Å²) in [6.07, 6.45) is 4.10. The molecule has 0 amide bonds. The molecule has 4 heteroatoms. The van der Waals surface area contributed by atoms with E-state index in [1.54, 1.807) is 7.11 Å². The highest BCUT2D eigenvalue weighted by atomic mass is 16.9. The van der Waals surface area contributed by atoms with Gasteiger partial charge in [-0.3, -0.25) is 0 Å². The van der Waals surface area contributed by atoms with Crippen molar-refractivity contribution in [2.75, 3.05) is 13.7 Å². The molecule has 2 heterocycles. The molecule has 0 radical (unpaired) electrons. The van der Waals surface area contributed by atoms with E-state index >= 15 is 0 Å². The molecule has 72 valence electrons. The molecule has 2 atom stereocenters. The van der Waals surface area contributed by atoms with Crippen molar-refractivity contribution in [1.29, 1.82) is 0 Å². The lowest BCUT2D eigenvalue weighted by Crippen LogP contribution is -2.19. The molecule has 0 saturated carbocycles. The Hall–Kier alpha value is -0.840. The summed E-state index contributed by atoms with van der Waals surface area (Å²) >= 11 is 0. The minimum absolute atomic E-state index is 0.0948. The summed E-state index contributed by atoms with van der Waals surface area (Å²) in [7, 11) is 1.57. The van der Waals surface area contributed by atoms with Crippen molar-refractivity contribution in [3.8, 4) is 0 Å². The SMILES string of the molecule is COC1OCC(Cn2cccc2)O1. The topological polar surface area (TPSA) is 32.6 Å². The van der Waals surface area contributed by atoms with Crippen molar-refractivity contribution in [1.82, 2.24) is 4.57 Å². The Morgan fingerprint density at radius 1 is 1.46 bits per heavy atom. The van der Waals surface area contributed by atoms with E-state index in [1.165, 1.54) is 0 Å². The first-order valence-electron chi connectivity index (χ1n) is 4.29. The van der Waals surface area contributed by atoms with Gasteiger partial charge in [0.1, 0.15) is 6.10 Å². The summed E-state index contributed by atoms with van der Waals surface area (Å²) in [6.45, 7) is 0.921. The molecule has 1 aliphatic heterocycles. The Kier molecular flexibility index (Phi) is 2.63. The van der Waals surface area contributed by atoms with Crippen LogP contribution in [0.3, 0.4) is 0 Å². The van der Waals surface area contributed by atoms with E-state index in [9.17, 15) is 0 Å². The van der Waals surface area contributed by atoms with Crippen molar-refractivity contribution in [2.45, 2.75) is 19.1 Å². The second-order valence-electron chi connectivity index (χ2n) is 3.00. The highest BCUT2D eigenvalue weighted by Crippen LogP contribution is 2.13. The molecule has 0 N–H and O–H groups in total. The number of hydrogen-bond donors (Lipinski definition) is 0. The lowest BCUT2D eigenvalue weighted by Gasteiger charge is -2.10. The van der Waals surface area contributed by atoms with Gasteiger partial charge in [0.25, 0.3) is 6.48 Å². The number of methoxy groups -OCH3 is 1. The molecule has 1 saturated heterocycles. The van der Waals surface area contributed by atoms with E-state index in [4.69, 9.17) is 14.2 Å². The van der Waals surface area contributed by atoms with Crippen LogP contribution in [0.4, 0.5) is 0 Å². The Morgan fingerprint density at radius 3 is 2.85 bits per heavy atom. The fourth-order valence-electron chi connectivity index (χ4n) is 1.37. The number of nitrogens with zero attached hydrogens (tertiary/aromatic N) is 1.